The number of rotatable bonds is 11. The van der Waals surface area contributed by atoms with Crippen LogP contribution < -0.4 is 10.1 Å². The predicted octanol–water partition coefficient (Wildman–Crippen LogP) is 5.85. The Bertz CT molecular complexity index is 1160. The first-order valence-corrected chi connectivity index (χ1v) is 12.7. The molecule has 3 aromatic rings. The smallest absolute Gasteiger partial charge is 0.243 e. The molecule has 0 saturated carbocycles. The molecule has 3 aromatic carbocycles. The molecule has 0 aliphatic rings. The Morgan fingerprint density at radius 3 is 2.24 bits per heavy atom. The van der Waals surface area contributed by atoms with Crippen molar-refractivity contribution in [1.82, 2.24) is 10.2 Å². The predicted molar refractivity (Wildman–Crippen MR) is 145 cm³/mol. The van der Waals surface area contributed by atoms with Gasteiger partial charge in [0.2, 0.25) is 11.8 Å². The lowest BCUT2D eigenvalue weighted by Crippen LogP contribution is -2.54. The Morgan fingerprint density at radius 2 is 1.59 bits per heavy atom. The van der Waals surface area contributed by atoms with E-state index in [2.05, 4.69) is 5.32 Å². The summed E-state index contributed by atoms with van der Waals surface area (Å²) in [6.07, 6.45) is 0.969. The van der Waals surface area contributed by atoms with Crippen LogP contribution in [0, 0.1) is 12.7 Å². The summed E-state index contributed by atoms with van der Waals surface area (Å²) >= 11 is 0. The van der Waals surface area contributed by atoms with E-state index in [9.17, 15) is 14.0 Å². The molecule has 0 aromatic heterocycles. The summed E-state index contributed by atoms with van der Waals surface area (Å²) in [5, 5.41) is 3.02. The van der Waals surface area contributed by atoms with E-state index in [4.69, 9.17) is 4.74 Å². The van der Waals surface area contributed by atoms with Crippen LogP contribution in [0.2, 0.25) is 0 Å². The lowest BCUT2D eigenvalue weighted by Gasteiger charge is -2.34. The van der Waals surface area contributed by atoms with Crippen LogP contribution in [-0.2, 0) is 22.6 Å². The van der Waals surface area contributed by atoms with Gasteiger partial charge in [0, 0.05) is 30.5 Å². The Labute approximate surface area is 219 Å². The number of halogens is 1. The average molecular weight is 505 g/mol. The minimum Gasteiger partial charge on any atom is -0.494 e. The zero-order valence-electron chi connectivity index (χ0n) is 22.2. The number of nitrogens with one attached hydrogen (secondary N) is 1. The van der Waals surface area contributed by atoms with Crippen molar-refractivity contribution in [3.63, 3.8) is 0 Å². The van der Waals surface area contributed by atoms with Gasteiger partial charge in [0.15, 0.2) is 0 Å². The van der Waals surface area contributed by atoms with Gasteiger partial charge in [0.25, 0.3) is 0 Å². The summed E-state index contributed by atoms with van der Waals surface area (Å²) < 4.78 is 20.4. The molecule has 2 amide bonds. The molecule has 0 fully saturated rings. The second-order valence-corrected chi connectivity index (χ2v) is 10.3. The molecule has 0 radical (unpaired) electrons. The van der Waals surface area contributed by atoms with Crippen LogP contribution in [0.15, 0.2) is 78.9 Å². The third kappa shape index (κ3) is 9.05. The highest BCUT2D eigenvalue weighted by Crippen LogP contribution is 2.19. The van der Waals surface area contributed by atoms with Crippen molar-refractivity contribution >= 4 is 11.8 Å². The van der Waals surface area contributed by atoms with E-state index in [1.807, 2.05) is 82.3 Å². The van der Waals surface area contributed by atoms with Gasteiger partial charge in [-0.1, -0.05) is 66.2 Å². The SMILES string of the molecule is Cc1ccc(OCCCC(=O)N(Cc2ccccc2F)[C@@H](Cc2ccccc2)C(=O)NC(C)(C)C)cc1. The first-order chi connectivity index (χ1) is 17.6. The van der Waals surface area contributed by atoms with Gasteiger partial charge in [0.1, 0.15) is 17.6 Å². The number of aryl methyl sites for hydroxylation is 1. The highest BCUT2D eigenvalue weighted by molar-refractivity contribution is 5.88. The van der Waals surface area contributed by atoms with E-state index in [0.29, 0.717) is 25.0 Å². The van der Waals surface area contributed by atoms with Crippen LogP contribution >= 0.6 is 0 Å². The summed E-state index contributed by atoms with van der Waals surface area (Å²) in [6.45, 7) is 8.06. The standard InChI is InChI=1S/C31H37FN2O3/c1-23-16-18-26(19-17-23)37-20-10-15-29(35)34(22-25-13-8-9-14-27(25)32)28(30(36)33-31(2,3)4)21-24-11-6-5-7-12-24/h5-9,11-14,16-19,28H,10,15,20-22H2,1-4H3,(H,33,36)/t28-/m0/s1. The molecule has 1 atom stereocenters. The van der Waals surface area contributed by atoms with Crippen molar-refractivity contribution in [2.24, 2.45) is 0 Å². The summed E-state index contributed by atoms with van der Waals surface area (Å²) in [6, 6.07) is 22.9. The van der Waals surface area contributed by atoms with Crippen molar-refractivity contribution in [3.05, 3.63) is 101 Å². The quantitative estimate of drug-likeness (QED) is 0.334. The number of ether oxygens (including phenoxy) is 1. The fraction of sp³-hybridized carbons (Fsp3) is 0.355. The van der Waals surface area contributed by atoms with Crippen molar-refractivity contribution < 1.29 is 18.7 Å². The molecule has 1 N–H and O–H groups in total. The molecule has 37 heavy (non-hydrogen) atoms. The molecule has 3 rings (SSSR count). The molecule has 0 aliphatic heterocycles. The van der Waals surface area contributed by atoms with Gasteiger partial charge in [0.05, 0.1) is 6.61 Å². The van der Waals surface area contributed by atoms with Gasteiger partial charge in [-0.15, -0.1) is 0 Å². The molecule has 196 valence electrons. The Balaban J connectivity index is 1.81. The Hall–Kier alpha value is -3.67. The highest BCUT2D eigenvalue weighted by atomic mass is 19.1. The maximum Gasteiger partial charge on any atom is 0.243 e. The number of nitrogens with zero attached hydrogens (tertiary/aromatic N) is 1. The second kappa shape index (κ2) is 13.0. The van der Waals surface area contributed by atoms with Crippen LogP contribution in [0.25, 0.3) is 0 Å². The normalized spacial score (nSPS) is 12.0. The molecule has 0 saturated heterocycles. The van der Waals surface area contributed by atoms with E-state index in [0.717, 1.165) is 16.9 Å². The fourth-order valence-electron chi connectivity index (χ4n) is 4.01. The summed E-state index contributed by atoms with van der Waals surface area (Å²) in [5.74, 6) is -0.150. The van der Waals surface area contributed by atoms with Gasteiger partial charge in [-0.25, -0.2) is 4.39 Å². The van der Waals surface area contributed by atoms with Gasteiger partial charge in [-0.05, 0) is 57.9 Å². The topological polar surface area (TPSA) is 58.6 Å². The summed E-state index contributed by atoms with van der Waals surface area (Å²) in [5.41, 5.74) is 1.95. The fourth-order valence-corrected chi connectivity index (χ4v) is 4.01. The second-order valence-electron chi connectivity index (χ2n) is 10.3. The number of amides is 2. The molecule has 0 spiro atoms. The third-order valence-corrected chi connectivity index (χ3v) is 5.89. The third-order valence-electron chi connectivity index (χ3n) is 5.89. The Morgan fingerprint density at radius 1 is 0.946 bits per heavy atom. The van der Waals surface area contributed by atoms with Crippen LogP contribution in [0.3, 0.4) is 0 Å². The maximum atomic E-state index is 14.6. The molecule has 5 nitrogen and oxygen atoms in total. The van der Waals surface area contributed by atoms with Gasteiger partial charge < -0.3 is 15.0 Å². The lowest BCUT2D eigenvalue weighted by atomic mass is 10.00. The molecule has 0 bridgehead atoms. The first-order valence-electron chi connectivity index (χ1n) is 12.7. The van der Waals surface area contributed by atoms with Crippen LogP contribution in [-0.4, -0.2) is 34.9 Å². The van der Waals surface area contributed by atoms with Crippen molar-refractivity contribution in [2.45, 2.75) is 65.1 Å². The Kier molecular flexibility index (Phi) is 9.84. The number of carbonyl (C=O) groups is 2. The maximum absolute atomic E-state index is 14.6. The highest BCUT2D eigenvalue weighted by Gasteiger charge is 2.32. The zero-order valence-corrected chi connectivity index (χ0v) is 22.2. The van der Waals surface area contributed by atoms with Crippen molar-refractivity contribution in [2.75, 3.05) is 6.61 Å². The molecule has 0 aliphatic carbocycles. The average Bonchev–Trinajstić information content (AvgIpc) is 2.85. The lowest BCUT2D eigenvalue weighted by molar-refractivity contribution is -0.142. The minimum atomic E-state index is -0.799. The molecule has 0 unspecified atom stereocenters. The monoisotopic (exact) mass is 504 g/mol. The van der Waals surface area contributed by atoms with Crippen LogP contribution in [0.1, 0.15) is 50.3 Å². The van der Waals surface area contributed by atoms with E-state index < -0.39 is 17.4 Å². The van der Waals surface area contributed by atoms with Gasteiger partial charge >= 0.3 is 0 Å². The molecule has 0 heterocycles. The number of benzene rings is 3. The zero-order chi connectivity index (χ0) is 26.8. The van der Waals surface area contributed by atoms with Crippen molar-refractivity contribution in [1.29, 1.82) is 0 Å². The molecular formula is C31H37FN2O3. The van der Waals surface area contributed by atoms with Crippen LogP contribution in [0.4, 0.5) is 4.39 Å². The molecular weight excluding hydrogens is 467 g/mol. The van der Waals surface area contributed by atoms with Gasteiger partial charge in [-0.3, -0.25) is 9.59 Å². The van der Waals surface area contributed by atoms with Crippen molar-refractivity contribution in [3.8, 4) is 5.75 Å². The molecule has 6 heteroatoms. The first kappa shape index (κ1) is 27.9. The van der Waals surface area contributed by atoms with E-state index in [1.54, 1.807) is 18.2 Å². The largest absolute Gasteiger partial charge is 0.494 e. The van der Waals surface area contributed by atoms with E-state index >= 15 is 0 Å². The van der Waals surface area contributed by atoms with Crippen LogP contribution in [0.5, 0.6) is 5.75 Å². The summed E-state index contributed by atoms with van der Waals surface area (Å²) in [4.78, 5) is 28.6. The van der Waals surface area contributed by atoms with E-state index in [-0.39, 0.29) is 24.8 Å². The van der Waals surface area contributed by atoms with E-state index in [1.165, 1.54) is 11.0 Å². The minimum absolute atomic E-state index is 0.000606. The van der Waals surface area contributed by atoms with Gasteiger partial charge in [-0.2, -0.15) is 0 Å². The number of carbonyl (C=O) groups excluding carboxylic acids is 2. The number of hydrogen-bond acceptors (Lipinski definition) is 3. The number of hydrogen-bond donors (Lipinski definition) is 1. The summed E-state index contributed by atoms with van der Waals surface area (Å²) in [7, 11) is 0.